The van der Waals surface area contributed by atoms with Crippen LogP contribution in [0.4, 0.5) is 8.78 Å². The molecule has 0 saturated heterocycles. The molecule has 2 nitrogen and oxygen atoms in total. The van der Waals surface area contributed by atoms with E-state index in [1.165, 1.54) is 31.2 Å². The van der Waals surface area contributed by atoms with Crippen LogP contribution in [0.2, 0.25) is 0 Å². The summed E-state index contributed by atoms with van der Waals surface area (Å²) in [5.41, 5.74) is 6.14. The molecule has 0 bridgehead atoms. The Morgan fingerprint density at radius 3 is 2.56 bits per heavy atom. The molecule has 1 atom stereocenters. The first-order chi connectivity index (χ1) is 16.5. The molecule has 5 rings (SSSR count). The van der Waals surface area contributed by atoms with Gasteiger partial charge in [0.2, 0.25) is 6.43 Å². The molecule has 1 aromatic carbocycles. The van der Waals surface area contributed by atoms with Gasteiger partial charge in [-0.05, 0) is 56.1 Å². The summed E-state index contributed by atoms with van der Waals surface area (Å²) in [7, 11) is 0. The van der Waals surface area contributed by atoms with E-state index in [2.05, 4.69) is 42.2 Å². The number of halogens is 2. The van der Waals surface area contributed by atoms with Crippen LogP contribution in [0, 0.1) is 18.3 Å². The van der Waals surface area contributed by atoms with Gasteiger partial charge in [0.25, 0.3) is 0 Å². The van der Waals surface area contributed by atoms with E-state index in [1.54, 1.807) is 0 Å². The van der Waals surface area contributed by atoms with Crippen molar-refractivity contribution in [3.63, 3.8) is 0 Å². The number of aromatic nitrogens is 2. The van der Waals surface area contributed by atoms with Gasteiger partial charge in [-0.3, -0.25) is 0 Å². The van der Waals surface area contributed by atoms with Crippen LogP contribution >= 0.6 is 0 Å². The van der Waals surface area contributed by atoms with Crippen LogP contribution in [0.15, 0.2) is 42.6 Å². The van der Waals surface area contributed by atoms with E-state index in [9.17, 15) is 8.78 Å². The molecule has 4 heteroatoms. The topological polar surface area (TPSA) is 17.8 Å². The molecule has 2 aromatic heterocycles. The third-order valence-corrected chi connectivity index (χ3v) is 7.70. The third-order valence-electron chi connectivity index (χ3n) is 7.70. The van der Waals surface area contributed by atoms with Crippen molar-refractivity contribution < 1.29 is 8.78 Å². The lowest BCUT2D eigenvalue weighted by atomic mass is 9.97. The van der Waals surface area contributed by atoms with Gasteiger partial charge in [-0.2, -0.15) is 18.1 Å². The molecule has 0 amide bonds. The largest absolute Gasteiger partial charge is 0.336 e. The molecule has 0 radical (unpaired) electrons. The fourth-order valence-corrected chi connectivity index (χ4v) is 5.67. The van der Waals surface area contributed by atoms with Crippen LogP contribution < -0.4 is 0 Å². The number of hydrogen-bond donors (Lipinski definition) is 0. The Hall–Kier alpha value is -2.62. The maximum absolute atomic E-state index is 13.2. The SMILES string of the molecule is C/C=C/c1c(-c2ccc([CH-]CC(C)C3CC3)cn2)n(C2CCCC2)c2cc(CC(F)F)ccc12. The fourth-order valence-electron chi connectivity index (χ4n) is 5.67. The summed E-state index contributed by atoms with van der Waals surface area (Å²) in [6.07, 6.45) is 14.5. The Kier molecular flexibility index (Phi) is 6.76. The maximum Gasteiger partial charge on any atom is 0.242 e. The summed E-state index contributed by atoms with van der Waals surface area (Å²) in [6, 6.07) is 10.6. The number of pyridine rings is 1. The second kappa shape index (κ2) is 9.93. The van der Waals surface area contributed by atoms with Crippen molar-refractivity contribution in [3.8, 4) is 11.4 Å². The second-order valence-electron chi connectivity index (χ2n) is 10.2. The second-order valence-corrected chi connectivity index (χ2v) is 10.2. The minimum Gasteiger partial charge on any atom is -0.336 e. The number of nitrogens with zero attached hydrogens (tertiary/aromatic N) is 2. The van der Waals surface area contributed by atoms with E-state index in [0.29, 0.717) is 11.6 Å². The zero-order valence-electron chi connectivity index (χ0n) is 20.3. The summed E-state index contributed by atoms with van der Waals surface area (Å²) >= 11 is 0. The number of allylic oxidation sites excluding steroid dienone is 1. The molecule has 2 fully saturated rings. The molecule has 0 N–H and O–H groups in total. The van der Waals surface area contributed by atoms with Gasteiger partial charge < -0.3 is 9.55 Å². The Labute approximate surface area is 202 Å². The molecule has 2 aliphatic rings. The number of fused-ring (bicyclic) bond motifs is 1. The van der Waals surface area contributed by atoms with Crippen LogP contribution in [0.3, 0.4) is 0 Å². The van der Waals surface area contributed by atoms with E-state index in [-0.39, 0.29) is 6.42 Å². The zero-order chi connectivity index (χ0) is 23.7. The van der Waals surface area contributed by atoms with Crippen LogP contribution in [0.1, 0.15) is 81.5 Å². The summed E-state index contributed by atoms with van der Waals surface area (Å²) in [5, 5.41) is 1.12. The highest BCUT2D eigenvalue weighted by molar-refractivity contribution is 5.97. The molecular weight excluding hydrogens is 426 g/mol. The summed E-state index contributed by atoms with van der Waals surface area (Å²) < 4.78 is 28.7. The minimum absolute atomic E-state index is 0.206. The molecule has 1 unspecified atom stereocenters. The van der Waals surface area contributed by atoms with Crippen molar-refractivity contribution in [1.82, 2.24) is 9.55 Å². The van der Waals surface area contributed by atoms with E-state index in [1.807, 2.05) is 31.3 Å². The zero-order valence-corrected chi connectivity index (χ0v) is 20.3. The molecular formula is C30H35F2N2-. The summed E-state index contributed by atoms with van der Waals surface area (Å²) in [4.78, 5) is 4.92. The lowest BCUT2D eigenvalue weighted by Gasteiger charge is -2.20. The van der Waals surface area contributed by atoms with Gasteiger partial charge in [0.1, 0.15) is 0 Å². The number of rotatable bonds is 9. The van der Waals surface area contributed by atoms with Gasteiger partial charge in [-0.25, -0.2) is 8.78 Å². The normalized spacial score (nSPS) is 17.9. The number of benzene rings is 1. The molecule has 0 aliphatic heterocycles. The molecule has 2 heterocycles. The van der Waals surface area contributed by atoms with Crippen molar-refractivity contribution in [3.05, 3.63) is 65.7 Å². The maximum atomic E-state index is 13.2. The van der Waals surface area contributed by atoms with Crippen molar-refractivity contribution >= 4 is 17.0 Å². The Bertz CT molecular complexity index is 1150. The first-order valence-electron chi connectivity index (χ1n) is 12.9. The van der Waals surface area contributed by atoms with E-state index in [4.69, 9.17) is 4.98 Å². The molecule has 34 heavy (non-hydrogen) atoms. The van der Waals surface area contributed by atoms with E-state index >= 15 is 0 Å². The van der Waals surface area contributed by atoms with Gasteiger partial charge in [0, 0.05) is 28.9 Å². The van der Waals surface area contributed by atoms with Crippen molar-refractivity contribution in [1.29, 1.82) is 0 Å². The highest BCUT2D eigenvalue weighted by Crippen LogP contribution is 2.42. The van der Waals surface area contributed by atoms with Crippen LogP contribution in [-0.4, -0.2) is 16.0 Å². The highest BCUT2D eigenvalue weighted by atomic mass is 19.3. The average molecular weight is 462 g/mol. The number of hydrogen-bond acceptors (Lipinski definition) is 1. The highest BCUT2D eigenvalue weighted by Gasteiger charge is 2.27. The third kappa shape index (κ3) is 4.78. The van der Waals surface area contributed by atoms with Crippen molar-refractivity contribution in [2.45, 2.75) is 77.7 Å². The lowest BCUT2D eigenvalue weighted by molar-refractivity contribution is 0.149. The van der Waals surface area contributed by atoms with Gasteiger partial charge in [0.05, 0.1) is 11.4 Å². The van der Waals surface area contributed by atoms with Gasteiger partial charge in [0.15, 0.2) is 0 Å². The average Bonchev–Trinajstić information content (AvgIpc) is 3.45. The van der Waals surface area contributed by atoms with Crippen LogP contribution in [0.5, 0.6) is 0 Å². The molecule has 2 aliphatic carbocycles. The smallest absolute Gasteiger partial charge is 0.242 e. The lowest BCUT2D eigenvalue weighted by Crippen LogP contribution is -2.08. The predicted molar refractivity (Wildman–Crippen MR) is 137 cm³/mol. The van der Waals surface area contributed by atoms with Crippen LogP contribution in [0.25, 0.3) is 28.4 Å². The minimum atomic E-state index is -2.34. The molecule has 2 saturated carbocycles. The van der Waals surface area contributed by atoms with Crippen LogP contribution in [-0.2, 0) is 6.42 Å². The fraction of sp³-hybridized carbons (Fsp3) is 0.467. The summed E-state index contributed by atoms with van der Waals surface area (Å²) in [5.74, 6) is 1.65. The monoisotopic (exact) mass is 461 g/mol. The quantitative estimate of drug-likeness (QED) is 0.292. The predicted octanol–water partition coefficient (Wildman–Crippen LogP) is 8.65. The molecule has 3 aromatic rings. The Morgan fingerprint density at radius 1 is 1.12 bits per heavy atom. The van der Waals surface area contributed by atoms with Crippen molar-refractivity contribution in [2.24, 2.45) is 11.8 Å². The van der Waals surface area contributed by atoms with Gasteiger partial charge >= 0.3 is 0 Å². The van der Waals surface area contributed by atoms with E-state index < -0.39 is 6.43 Å². The first-order valence-corrected chi connectivity index (χ1v) is 12.9. The Balaban J connectivity index is 1.56. The summed E-state index contributed by atoms with van der Waals surface area (Å²) in [6.45, 7) is 4.38. The van der Waals surface area contributed by atoms with Gasteiger partial charge in [-0.15, -0.1) is 0 Å². The Morgan fingerprint density at radius 2 is 1.91 bits per heavy atom. The van der Waals surface area contributed by atoms with Crippen molar-refractivity contribution in [2.75, 3.05) is 0 Å². The van der Waals surface area contributed by atoms with Gasteiger partial charge in [-0.1, -0.05) is 62.7 Å². The first kappa shape index (κ1) is 23.1. The van der Waals surface area contributed by atoms with E-state index in [0.717, 1.165) is 59.0 Å². The standard InChI is InChI=1S/C30H35F2N2/c1-3-6-26-25-15-11-22(18-29(31)32)17-28(25)34(24-7-4-5-8-24)30(26)27-16-12-21(19-33-27)10-9-20(2)23-13-14-23/h3,6,10-12,15-17,19-20,23-24,29H,4-5,7-9,13-14,18H2,1-2H3/q-1/b6-3+. The molecule has 0 spiro atoms. The molecule has 180 valence electrons. The number of alkyl halides is 2.